The maximum atomic E-state index is 9.64. The van der Waals surface area contributed by atoms with Gasteiger partial charge in [0.2, 0.25) is 0 Å². The van der Waals surface area contributed by atoms with Gasteiger partial charge in [0, 0.05) is 17.6 Å². The van der Waals surface area contributed by atoms with Crippen molar-refractivity contribution in [3.8, 4) is 5.75 Å². The Morgan fingerprint density at radius 1 is 1.33 bits per heavy atom. The highest BCUT2D eigenvalue weighted by atomic mass is 16.3. The molecule has 1 aromatic carbocycles. The summed E-state index contributed by atoms with van der Waals surface area (Å²) in [6.07, 6.45) is 0.869. The highest BCUT2D eigenvalue weighted by Gasteiger charge is 2.13. The van der Waals surface area contributed by atoms with Crippen LogP contribution in [0.3, 0.4) is 0 Å². The first-order valence-electron chi connectivity index (χ1n) is 5.33. The van der Waals surface area contributed by atoms with E-state index >= 15 is 0 Å². The molecule has 0 aliphatic heterocycles. The van der Waals surface area contributed by atoms with E-state index in [9.17, 15) is 5.11 Å². The maximum absolute atomic E-state index is 9.64. The number of para-hydroxylation sites is 1. The van der Waals surface area contributed by atoms with Gasteiger partial charge < -0.3 is 15.5 Å². The molecule has 0 unspecified atom stereocenters. The van der Waals surface area contributed by atoms with E-state index < -0.39 is 0 Å². The lowest BCUT2D eigenvalue weighted by Gasteiger charge is -2.21. The van der Waals surface area contributed by atoms with Crippen molar-refractivity contribution in [3.63, 3.8) is 0 Å². The predicted molar refractivity (Wildman–Crippen MR) is 60.8 cm³/mol. The zero-order chi connectivity index (χ0) is 11.3. The van der Waals surface area contributed by atoms with Gasteiger partial charge in [0.1, 0.15) is 5.75 Å². The first kappa shape index (κ1) is 12.0. The zero-order valence-corrected chi connectivity index (χ0v) is 9.27. The van der Waals surface area contributed by atoms with E-state index in [1.54, 1.807) is 12.1 Å². The number of hydrogen-bond donors (Lipinski definition) is 3. The van der Waals surface area contributed by atoms with Crippen molar-refractivity contribution in [3.05, 3.63) is 29.8 Å². The van der Waals surface area contributed by atoms with E-state index in [0.717, 1.165) is 12.0 Å². The first-order valence-corrected chi connectivity index (χ1v) is 5.33. The van der Waals surface area contributed by atoms with E-state index in [2.05, 4.69) is 5.32 Å². The van der Waals surface area contributed by atoms with Crippen LogP contribution < -0.4 is 5.32 Å². The molecule has 0 fully saturated rings. The van der Waals surface area contributed by atoms with Gasteiger partial charge in [0.05, 0.1) is 6.61 Å². The lowest BCUT2D eigenvalue weighted by molar-refractivity contribution is 0.229. The van der Waals surface area contributed by atoms with Crippen molar-refractivity contribution in [1.82, 2.24) is 5.32 Å². The molecule has 0 heterocycles. The average Bonchev–Trinajstić information content (AvgIpc) is 2.26. The standard InChI is InChI=1S/C12H19NO2/c1-3-10(8-14)13-9(2)11-6-4-5-7-12(11)15/h4-7,9-10,13-15H,3,8H2,1-2H3/t9-,10+/m0/s1. The second-order valence-corrected chi connectivity index (χ2v) is 3.73. The molecule has 0 aliphatic carbocycles. The summed E-state index contributed by atoms with van der Waals surface area (Å²) in [5, 5.41) is 22.0. The van der Waals surface area contributed by atoms with Crippen molar-refractivity contribution in [2.24, 2.45) is 0 Å². The molecule has 0 aromatic heterocycles. The Bertz CT molecular complexity index is 297. The Balaban J connectivity index is 2.68. The molecule has 0 bridgehead atoms. The average molecular weight is 209 g/mol. The van der Waals surface area contributed by atoms with Crippen LogP contribution in [-0.4, -0.2) is 22.9 Å². The third-order valence-corrected chi connectivity index (χ3v) is 2.60. The minimum Gasteiger partial charge on any atom is -0.508 e. The summed E-state index contributed by atoms with van der Waals surface area (Å²) in [6.45, 7) is 4.12. The summed E-state index contributed by atoms with van der Waals surface area (Å²) in [6, 6.07) is 7.38. The summed E-state index contributed by atoms with van der Waals surface area (Å²) >= 11 is 0. The van der Waals surface area contributed by atoms with E-state index in [4.69, 9.17) is 5.11 Å². The number of rotatable bonds is 5. The van der Waals surface area contributed by atoms with E-state index in [1.807, 2.05) is 26.0 Å². The number of nitrogens with one attached hydrogen (secondary N) is 1. The SMILES string of the molecule is CC[C@H](CO)N[C@@H](C)c1ccccc1O. The largest absolute Gasteiger partial charge is 0.508 e. The van der Waals surface area contributed by atoms with Crippen LogP contribution in [0.2, 0.25) is 0 Å². The van der Waals surface area contributed by atoms with E-state index in [0.29, 0.717) is 5.75 Å². The van der Waals surface area contributed by atoms with Crippen LogP contribution in [-0.2, 0) is 0 Å². The van der Waals surface area contributed by atoms with Gasteiger partial charge in [-0.2, -0.15) is 0 Å². The van der Waals surface area contributed by atoms with E-state index in [1.165, 1.54) is 0 Å². The van der Waals surface area contributed by atoms with Gasteiger partial charge in [0.25, 0.3) is 0 Å². The molecule has 2 atom stereocenters. The van der Waals surface area contributed by atoms with Gasteiger partial charge in [-0.3, -0.25) is 0 Å². The zero-order valence-electron chi connectivity index (χ0n) is 9.27. The number of hydrogen-bond acceptors (Lipinski definition) is 3. The summed E-state index contributed by atoms with van der Waals surface area (Å²) in [7, 11) is 0. The molecule has 0 amide bonds. The topological polar surface area (TPSA) is 52.5 Å². The fraction of sp³-hybridized carbons (Fsp3) is 0.500. The fourth-order valence-electron chi connectivity index (χ4n) is 1.60. The van der Waals surface area contributed by atoms with Crippen molar-refractivity contribution in [2.45, 2.75) is 32.4 Å². The van der Waals surface area contributed by atoms with Crippen molar-refractivity contribution in [2.75, 3.05) is 6.61 Å². The second kappa shape index (κ2) is 5.73. The number of phenolic OH excluding ortho intramolecular Hbond substituents is 1. The molecule has 15 heavy (non-hydrogen) atoms. The van der Waals surface area contributed by atoms with Gasteiger partial charge in [-0.1, -0.05) is 25.1 Å². The molecule has 1 aromatic rings. The maximum Gasteiger partial charge on any atom is 0.120 e. The molecule has 0 aliphatic rings. The molecule has 84 valence electrons. The molecule has 0 spiro atoms. The lowest BCUT2D eigenvalue weighted by Crippen LogP contribution is -2.33. The van der Waals surface area contributed by atoms with Crippen molar-refractivity contribution >= 4 is 0 Å². The highest BCUT2D eigenvalue weighted by Crippen LogP contribution is 2.23. The van der Waals surface area contributed by atoms with Crippen LogP contribution in [0, 0.1) is 0 Å². The second-order valence-electron chi connectivity index (χ2n) is 3.73. The number of aliphatic hydroxyl groups is 1. The minimum atomic E-state index is 0.0447. The third kappa shape index (κ3) is 3.22. The number of aromatic hydroxyl groups is 1. The Hall–Kier alpha value is -1.06. The Morgan fingerprint density at radius 3 is 2.53 bits per heavy atom. The summed E-state index contributed by atoms with van der Waals surface area (Å²) in [5.41, 5.74) is 0.865. The summed E-state index contributed by atoms with van der Waals surface area (Å²) < 4.78 is 0. The molecule has 3 N–H and O–H groups in total. The lowest BCUT2D eigenvalue weighted by atomic mass is 10.1. The number of benzene rings is 1. The Labute approximate surface area is 90.8 Å². The van der Waals surface area contributed by atoms with Crippen LogP contribution in [0.1, 0.15) is 31.9 Å². The van der Waals surface area contributed by atoms with E-state index in [-0.39, 0.29) is 18.7 Å². The molecule has 0 saturated heterocycles. The Morgan fingerprint density at radius 2 is 2.00 bits per heavy atom. The number of aliphatic hydroxyl groups excluding tert-OH is 1. The summed E-state index contributed by atoms with van der Waals surface area (Å²) in [4.78, 5) is 0. The quantitative estimate of drug-likeness (QED) is 0.693. The molecule has 3 heteroatoms. The van der Waals surface area contributed by atoms with Crippen LogP contribution in [0.5, 0.6) is 5.75 Å². The molecular weight excluding hydrogens is 190 g/mol. The van der Waals surface area contributed by atoms with Crippen LogP contribution in [0.4, 0.5) is 0 Å². The normalized spacial score (nSPS) is 14.9. The number of phenols is 1. The predicted octanol–water partition coefficient (Wildman–Crippen LogP) is 1.81. The van der Waals surface area contributed by atoms with Gasteiger partial charge >= 0.3 is 0 Å². The monoisotopic (exact) mass is 209 g/mol. The molecule has 3 nitrogen and oxygen atoms in total. The van der Waals surface area contributed by atoms with Crippen LogP contribution in [0.25, 0.3) is 0 Å². The molecule has 0 radical (unpaired) electrons. The fourth-order valence-corrected chi connectivity index (χ4v) is 1.60. The first-order chi connectivity index (χ1) is 7.19. The molecular formula is C12H19NO2. The smallest absolute Gasteiger partial charge is 0.120 e. The van der Waals surface area contributed by atoms with Crippen molar-refractivity contribution < 1.29 is 10.2 Å². The highest BCUT2D eigenvalue weighted by molar-refractivity contribution is 5.34. The van der Waals surface area contributed by atoms with Crippen LogP contribution in [0.15, 0.2) is 24.3 Å². The van der Waals surface area contributed by atoms with Gasteiger partial charge in [-0.05, 0) is 19.4 Å². The molecule has 0 saturated carbocycles. The Kier molecular flexibility index (Phi) is 4.59. The summed E-state index contributed by atoms with van der Waals surface area (Å²) in [5.74, 6) is 0.297. The van der Waals surface area contributed by atoms with Crippen LogP contribution >= 0.6 is 0 Å². The third-order valence-electron chi connectivity index (χ3n) is 2.60. The van der Waals surface area contributed by atoms with Gasteiger partial charge in [-0.15, -0.1) is 0 Å². The van der Waals surface area contributed by atoms with Gasteiger partial charge in [-0.25, -0.2) is 0 Å². The van der Waals surface area contributed by atoms with Crippen molar-refractivity contribution in [1.29, 1.82) is 0 Å². The minimum absolute atomic E-state index is 0.0447. The molecule has 1 rings (SSSR count). The van der Waals surface area contributed by atoms with Gasteiger partial charge in [0.15, 0.2) is 0 Å².